The molecule has 0 amide bonds. The van der Waals surface area contributed by atoms with E-state index in [2.05, 4.69) is 134 Å². The lowest BCUT2D eigenvalue weighted by atomic mass is 10.1. The van der Waals surface area contributed by atoms with Crippen LogP contribution < -0.4 is 4.90 Å². The summed E-state index contributed by atoms with van der Waals surface area (Å²) in [6, 6.07) is 43.6. The van der Waals surface area contributed by atoms with Crippen molar-refractivity contribution in [2.45, 2.75) is 0 Å². The number of anilines is 3. The maximum Gasteiger partial charge on any atom is 0.0783 e. The molecule has 182 valence electrons. The molecule has 0 aliphatic carbocycles. The summed E-state index contributed by atoms with van der Waals surface area (Å²) in [7, 11) is 0. The van der Waals surface area contributed by atoms with E-state index in [0.29, 0.717) is 0 Å². The van der Waals surface area contributed by atoms with Gasteiger partial charge < -0.3 is 14.0 Å². The zero-order chi connectivity index (χ0) is 25.5. The number of para-hydroxylation sites is 5. The topological polar surface area (TPSA) is 26.0 Å². The van der Waals surface area contributed by atoms with Gasteiger partial charge in [-0.1, -0.05) is 66.7 Å². The van der Waals surface area contributed by atoms with Crippen molar-refractivity contribution in [2.75, 3.05) is 4.90 Å². The molecule has 9 rings (SSSR count). The highest BCUT2D eigenvalue weighted by Gasteiger charge is 2.30. The van der Waals surface area contributed by atoms with Crippen molar-refractivity contribution in [2.24, 2.45) is 0 Å². The molecular weight excluding hydrogens is 476 g/mol. The molecule has 5 aromatic carbocycles. The average molecular weight is 499 g/mol. The molecule has 0 fully saturated rings. The summed E-state index contributed by atoms with van der Waals surface area (Å²) in [5.74, 6) is 0. The predicted molar refractivity (Wildman–Crippen MR) is 161 cm³/mol. The van der Waals surface area contributed by atoms with Gasteiger partial charge in [-0.15, -0.1) is 0 Å². The first-order valence-electron chi connectivity index (χ1n) is 13.2. The second-order valence-corrected chi connectivity index (χ2v) is 10.1. The van der Waals surface area contributed by atoms with Crippen LogP contribution in [0.2, 0.25) is 0 Å². The average Bonchev–Trinajstić information content (AvgIpc) is 3.52. The maximum absolute atomic E-state index is 4.45. The van der Waals surface area contributed by atoms with Gasteiger partial charge in [-0.3, -0.25) is 4.98 Å². The third-order valence-electron chi connectivity index (χ3n) is 8.09. The Morgan fingerprint density at radius 3 is 2.03 bits per heavy atom. The maximum atomic E-state index is 4.45. The molecular formula is C35H22N4. The molecule has 0 spiro atoms. The lowest BCUT2D eigenvalue weighted by Gasteiger charge is -2.32. The monoisotopic (exact) mass is 498 g/mol. The molecule has 0 radical (unpaired) electrons. The van der Waals surface area contributed by atoms with Gasteiger partial charge in [-0.05, 0) is 54.6 Å². The minimum atomic E-state index is 1.06. The SMILES string of the molecule is c1ccc(-n2c3ccccc3c3c2ccc2c4cccc5c4n(c23)-c2ccccc2N5c2cccnc2)cc1. The molecule has 3 aromatic heterocycles. The van der Waals surface area contributed by atoms with Gasteiger partial charge in [-0.2, -0.15) is 0 Å². The van der Waals surface area contributed by atoms with E-state index in [1.165, 1.54) is 55.0 Å². The molecule has 0 saturated heterocycles. The van der Waals surface area contributed by atoms with Gasteiger partial charge in [0.05, 0.1) is 51.0 Å². The number of aromatic nitrogens is 3. The first kappa shape index (κ1) is 20.7. The fraction of sp³-hybridized carbons (Fsp3) is 0. The smallest absolute Gasteiger partial charge is 0.0783 e. The molecule has 0 unspecified atom stereocenters. The Morgan fingerprint density at radius 1 is 0.436 bits per heavy atom. The van der Waals surface area contributed by atoms with Crippen LogP contribution in [-0.4, -0.2) is 14.1 Å². The van der Waals surface area contributed by atoms with Crippen LogP contribution in [0.5, 0.6) is 0 Å². The standard InChI is InChI=1S/C35H22N4/c1-2-10-23(11-3-1)37-28-15-5-4-13-27(28)33-31(37)20-19-26-25-14-8-18-32-34(25)39(35(26)33)30-17-7-6-16-29(30)38(32)24-12-9-21-36-22-24/h1-22H. The second kappa shape index (κ2) is 7.59. The van der Waals surface area contributed by atoms with Crippen molar-refractivity contribution < 1.29 is 0 Å². The summed E-state index contributed by atoms with van der Waals surface area (Å²) in [4.78, 5) is 6.79. The van der Waals surface area contributed by atoms with Gasteiger partial charge in [0.15, 0.2) is 0 Å². The molecule has 0 saturated carbocycles. The first-order valence-corrected chi connectivity index (χ1v) is 13.2. The predicted octanol–water partition coefficient (Wildman–Crippen LogP) is 9.06. The molecule has 0 N–H and O–H groups in total. The molecule has 4 heterocycles. The Labute approximate surface area is 224 Å². The van der Waals surface area contributed by atoms with Crippen molar-refractivity contribution in [1.82, 2.24) is 14.1 Å². The van der Waals surface area contributed by atoms with Gasteiger partial charge in [0.25, 0.3) is 0 Å². The number of benzene rings is 5. The molecule has 8 aromatic rings. The van der Waals surface area contributed by atoms with E-state index in [4.69, 9.17) is 0 Å². The van der Waals surface area contributed by atoms with Crippen LogP contribution in [0.4, 0.5) is 17.1 Å². The van der Waals surface area contributed by atoms with Crippen molar-refractivity contribution in [1.29, 1.82) is 0 Å². The lowest BCUT2D eigenvalue weighted by molar-refractivity contribution is 1.11. The molecule has 4 heteroatoms. The number of fused-ring (bicyclic) bond motifs is 9. The Kier molecular flexibility index (Phi) is 4.02. The highest BCUT2D eigenvalue weighted by atomic mass is 15.2. The van der Waals surface area contributed by atoms with Gasteiger partial charge in [0, 0.05) is 33.4 Å². The Bertz CT molecular complexity index is 2220. The van der Waals surface area contributed by atoms with Gasteiger partial charge in [-0.25, -0.2) is 0 Å². The lowest BCUT2D eigenvalue weighted by Crippen LogP contribution is -2.18. The van der Waals surface area contributed by atoms with E-state index in [-0.39, 0.29) is 0 Å². The first-order chi connectivity index (χ1) is 19.4. The largest absolute Gasteiger partial charge is 0.309 e. The van der Waals surface area contributed by atoms with Crippen molar-refractivity contribution in [3.05, 3.63) is 134 Å². The zero-order valence-electron chi connectivity index (χ0n) is 21.0. The van der Waals surface area contributed by atoms with E-state index in [0.717, 1.165) is 17.1 Å². The normalized spacial score (nSPS) is 12.6. The van der Waals surface area contributed by atoms with E-state index >= 15 is 0 Å². The quantitative estimate of drug-likeness (QED) is 0.238. The second-order valence-electron chi connectivity index (χ2n) is 10.1. The van der Waals surface area contributed by atoms with Crippen LogP contribution >= 0.6 is 0 Å². The highest BCUT2D eigenvalue weighted by Crippen LogP contribution is 2.51. The molecule has 39 heavy (non-hydrogen) atoms. The summed E-state index contributed by atoms with van der Waals surface area (Å²) in [5, 5.41) is 5.05. The third kappa shape index (κ3) is 2.65. The molecule has 0 atom stereocenters. The van der Waals surface area contributed by atoms with Gasteiger partial charge in [0.1, 0.15) is 0 Å². The number of nitrogens with zero attached hydrogens (tertiary/aromatic N) is 4. The van der Waals surface area contributed by atoms with E-state index in [9.17, 15) is 0 Å². The summed E-state index contributed by atoms with van der Waals surface area (Å²) in [5.41, 5.74) is 10.6. The van der Waals surface area contributed by atoms with E-state index in [1.807, 2.05) is 18.5 Å². The van der Waals surface area contributed by atoms with Crippen LogP contribution in [0.1, 0.15) is 0 Å². The summed E-state index contributed by atoms with van der Waals surface area (Å²) >= 11 is 0. The van der Waals surface area contributed by atoms with Crippen LogP contribution in [0.25, 0.3) is 55.0 Å². The minimum absolute atomic E-state index is 1.06. The molecule has 0 bridgehead atoms. The van der Waals surface area contributed by atoms with Crippen molar-refractivity contribution in [3.63, 3.8) is 0 Å². The van der Waals surface area contributed by atoms with Crippen molar-refractivity contribution >= 4 is 60.7 Å². The third-order valence-corrected chi connectivity index (χ3v) is 8.09. The fourth-order valence-electron chi connectivity index (χ4n) is 6.60. The number of rotatable bonds is 2. The Balaban J connectivity index is 1.52. The number of pyridine rings is 1. The van der Waals surface area contributed by atoms with Crippen LogP contribution in [0.15, 0.2) is 134 Å². The minimum Gasteiger partial charge on any atom is -0.309 e. The fourth-order valence-corrected chi connectivity index (χ4v) is 6.60. The van der Waals surface area contributed by atoms with Crippen molar-refractivity contribution in [3.8, 4) is 11.4 Å². The zero-order valence-corrected chi connectivity index (χ0v) is 21.0. The van der Waals surface area contributed by atoms with Gasteiger partial charge >= 0.3 is 0 Å². The van der Waals surface area contributed by atoms with Crippen LogP contribution in [0, 0.1) is 0 Å². The summed E-state index contributed by atoms with van der Waals surface area (Å²) in [6.07, 6.45) is 3.77. The summed E-state index contributed by atoms with van der Waals surface area (Å²) in [6.45, 7) is 0. The van der Waals surface area contributed by atoms with Gasteiger partial charge in [0.2, 0.25) is 0 Å². The Hall–Kier alpha value is -5.35. The highest BCUT2D eigenvalue weighted by molar-refractivity contribution is 6.28. The number of hydrogen-bond donors (Lipinski definition) is 0. The molecule has 1 aliphatic heterocycles. The van der Waals surface area contributed by atoms with E-state index < -0.39 is 0 Å². The molecule has 1 aliphatic rings. The molecule has 4 nitrogen and oxygen atoms in total. The van der Waals surface area contributed by atoms with E-state index in [1.54, 1.807) is 0 Å². The van der Waals surface area contributed by atoms with Crippen LogP contribution in [-0.2, 0) is 0 Å². The van der Waals surface area contributed by atoms with Crippen LogP contribution in [0.3, 0.4) is 0 Å². The Morgan fingerprint density at radius 2 is 1.15 bits per heavy atom. The number of hydrogen-bond acceptors (Lipinski definition) is 2. The summed E-state index contributed by atoms with van der Waals surface area (Å²) < 4.78 is 4.89.